The predicted molar refractivity (Wildman–Crippen MR) is 103 cm³/mol. The zero-order valence-electron chi connectivity index (χ0n) is 16.6. The van der Waals surface area contributed by atoms with Gasteiger partial charge in [0.05, 0.1) is 26.2 Å². The second-order valence-electron chi connectivity index (χ2n) is 7.05. The zero-order chi connectivity index (χ0) is 20.0. The van der Waals surface area contributed by atoms with E-state index in [4.69, 9.17) is 9.15 Å². The maximum atomic E-state index is 12.5. The number of aryl methyl sites for hydroxylation is 1. The molecule has 1 N–H and O–H groups in total. The number of hydrogen-bond donors (Lipinski definition) is 1. The number of esters is 1. The molecule has 0 saturated carbocycles. The second-order valence-corrected chi connectivity index (χ2v) is 7.05. The van der Waals surface area contributed by atoms with Crippen molar-refractivity contribution >= 4 is 11.9 Å². The standard InChI is InChI=1S/C21H28N2O4/c1-14(2)20(16-9-7-6-8-10-16)22-19(24)13-23(4)12-17-11-18(15(3)27-17)21(25)26-5/h6-11,14,20H,12-13H2,1-5H3,(H,22,24). The molecule has 0 aliphatic rings. The molecule has 0 radical (unpaired) electrons. The molecule has 1 atom stereocenters. The van der Waals surface area contributed by atoms with Gasteiger partial charge in [-0.25, -0.2) is 4.79 Å². The van der Waals surface area contributed by atoms with E-state index >= 15 is 0 Å². The number of carbonyl (C=O) groups excluding carboxylic acids is 2. The maximum absolute atomic E-state index is 12.5. The predicted octanol–water partition coefficient (Wildman–Crippen LogP) is 3.32. The summed E-state index contributed by atoms with van der Waals surface area (Å²) >= 11 is 0. The summed E-state index contributed by atoms with van der Waals surface area (Å²) in [5.74, 6) is 0.921. The normalized spacial score (nSPS) is 12.3. The van der Waals surface area contributed by atoms with Gasteiger partial charge in [0.2, 0.25) is 5.91 Å². The fourth-order valence-electron chi connectivity index (χ4n) is 3.02. The number of rotatable bonds is 8. The third kappa shape index (κ3) is 5.69. The number of hydrogen-bond acceptors (Lipinski definition) is 5. The minimum absolute atomic E-state index is 0.0381. The molecule has 6 nitrogen and oxygen atoms in total. The number of furan rings is 1. The number of carbonyl (C=O) groups is 2. The minimum atomic E-state index is -0.425. The highest BCUT2D eigenvalue weighted by Crippen LogP contribution is 2.21. The lowest BCUT2D eigenvalue weighted by Crippen LogP contribution is -2.38. The summed E-state index contributed by atoms with van der Waals surface area (Å²) < 4.78 is 10.3. The number of benzene rings is 1. The molecule has 1 aromatic heterocycles. The van der Waals surface area contributed by atoms with E-state index in [0.717, 1.165) is 5.56 Å². The summed E-state index contributed by atoms with van der Waals surface area (Å²) in [5, 5.41) is 3.11. The van der Waals surface area contributed by atoms with Crippen molar-refractivity contribution in [2.75, 3.05) is 20.7 Å². The summed E-state index contributed by atoms with van der Waals surface area (Å²) in [5.41, 5.74) is 1.50. The molecule has 146 valence electrons. The maximum Gasteiger partial charge on any atom is 0.341 e. The third-order valence-electron chi connectivity index (χ3n) is 4.36. The monoisotopic (exact) mass is 372 g/mol. The topological polar surface area (TPSA) is 71.8 Å². The molecule has 2 rings (SSSR count). The van der Waals surface area contributed by atoms with E-state index in [1.54, 1.807) is 13.0 Å². The number of methoxy groups -OCH3 is 1. The highest BCUT2D eigenvalue weighted by Gasteiger charge is 2.20. The summed E-state index contributed by atoms with van der Waals surface area (Å²) in [6.45, 7) is 6.53. The van der Waals surface area contributed by atoms with Crippen LogP contribution >= 0.6 is 0 Å². The van der Waals surface area contributed by atoms with Crippen LogP contribution < -0.4 is 5.32 Å². The van der Waals surface area contributed by atoms with Gasteiger partial charge in [-0.3, -0.25) is 9.69 Å². The van der Waals surface area contributed by atoms with Gasteiger partial charge in [-0.15, -0.1) is 0 Å². The number of ether oxygens (including phenoxy) is 1. The fourth-order valence-corrected chi connectivity index (χ4v) is 3.02. The van der Waals surface area contributed by atoms with Crippen molar-refractivity contribution in [3.8, 4) is 0 Å². The largest absolute Gasteiger partial charge is 0.465 e. The molecule has 1 unspecified atom stereocenters. The summed E-state index contributed by atoms with van der Waals surface area (Å²) in [6.07, 6.45) is 0. The Labute approximate surface area is 160 Å². The van der Waals surface area contributed by atoms with Crippen LogP contribution in [-0.4, -0.2) is 37.5 Å². The van der Waals surface area contributed by atoms with E-state index in [0.29, 0.717) is 23.6 Å². The van der Waals surface area contributed by atoms with Crippen LogP contribution in [0.5, 0.6) is 0 Å². The Balaban J connectivity index is 1.96. The Bertz CT molecular complexity index is 768. The van der Waals surface area contributed by atoms with E-state index < -0.39 is 5.97 Å². The molecule has 0 spiro atoms. The van der Waals surface area contributed by atoms with E-state index in [9.17, 15) is 9.59 Å². The second kappa shape index (κ2) is 9.37. The Morgan fingerprint density at radius 3 is 2.48 bits per heavy atom. The zero-order valence-corrected chi connectivity index (χ0v) is 16.6. The van der Waals surface area contributed by atoms with Gasteiger partial charge in [0.1, 0.15) is 17.1 Å². The molecule has 1 aromatic carbocycles. The van der Waals surface area contributed by atoms with Gasteiger partial charge >= 0.3 is 5.97 Å². The van der Waals surface area contributed by atoms with Crippen molar-refractivity contribution in [1.29, 1.82) is 0 Å². The highest BCUT2D eigenvalue weighted by atomic mass is 16.5. The first-order valence-electron chi connectivity index (χ1n) is 9.02. The lowest BCUT2D eigenvalue weighted by Gasteiger charge is -2.24. The third-order valence-corrected chi connectivity index (χ3v) is 4.36. The summed E-state index contributed by atoms with van der Waals surface area (Å²) in [7, 11) is 3.17. The van der Waals surface area contributed by atoms with Gasteiger partial charge in [-0.05, 0) is 31.5 Å². The number of likely N-dealkylation sites (N-methyl/N-ethyl adjacent to an activating group) is 1. The lowest BCUT2D eigenvalue weighted by atomic mass is 9.96. The van der Waals surface area contributed by atoms with Crippen molar-refractivity contribution < 1.29 is 18.7 Å². The Kier molecular flexibility index (Phi) is 7.19. The lowest BCUT2D eigenvalue weighted by molar-refractivity contribution is -0.123. The molecule has 0 saturated heterocycles. The smallest absolute Gasteiger partial charge is 0.341 e. The average Bonchev–Trinajstić information content (AvgIpc) is 2.99. The van der Waals surface area contributed by atoms with Crippen molar-refractivity contribution in [2.24, 2.45) is 5.92 Å². The number of nitrogens with one attached hydrogen (secondary N) is 1. The molecule has 2 aromatic rings. The van der Waals surface area contributed by atoms with Crippen LogP contribution in [0.25, 0.3) is 0 Å². The molecule has 1 heterocycles. The quantitative estimate of drug-likeness (QED) is 0.720. The SMILES string of the molecule is COC(=O)c1cc(CN(C)CC(=O)NC(c2ccccc2)C(C)C)oc1C. The van der Waals surface area contributed by atoms with E-state index in [1.807, 2.05) is 42.3 Å². The molecule has 6 heteroatoms. The Hall–Kier alpha value is -2.60. The molecule has 0 fully saturated rings. The van der Waals surface area contributed by atoms with Crippen molar-refractivity contribution in [2.45, 2.75) is 33.4 Å². The van der Waals surface area contributed by atoms with Gasteiger partial charge in [0, 0.05) is 0 Å². The molecular formula is C21H28N2O4. The minimum Gasteiger partial charge on any atom is -0.465 e. The molecule has 0 aliphatic carbocycles. The highest BCUT2D eigenvalue weighted by molar-refractivity contribution is 5.90. The van der Waals surface area contributed by atoms with Crippen LogP contribution in [0.15, 0.2) is 40.8 Å². The molecule has 27 heavy (non-hydrogen) atoms. The van der Waals surface area contributed by atoms with E-state index in [2.05, 4.69) is 19.2 Å². The summed E-state index contributed by atoms with van der Waals surface area (Å²) in [6, 6.07) is 11.6. The summed E-state index contributed by atoms with van der Waals surface area (Å²) in [4.78, 5) is 26.0. The number of nitrogens with zero attached hydrogens (tertiary/aromatic N) is 1. The Morgan fingerprint density at radius 2 is 1.89 bits per heavy atom. The van der Waals surface area contributed by atoms with E-state index in [1.165, 1.54) is 7.11 Å². The van der Waals surface area contributed by atoms with Gasteiger partial charge in [-0.2, -0.15) is 0 Å². The van der Waals surface area contributed by atoms with Crippen LogP contribution in [0.3, 0.4) is 0 Å². The van der Waals surface area contributed by atoms with Crippen LogP contribution in [0.4, 0.5) is 0 Å². The van der Waals surface area contributed by atoms with Crippen LogP contribution in [0, 0.1) is 12.8 Å². The fraction of sp³-hybridized carbons (Fsp3) is 0.429. The Morgan fingerprint density at radius 1 is 1.22 bits per heavy atom. The van der Waals surface area contributed by atoms with Crippen LogP contribution in [0.2, 0.25) is 0 Å². The van der Waals surface area contributed by atoms with Gasteiger partial charge in [0.15, 0.2) is 0 Å². The molecule has 0 aliphatic heterocycles. The average molecular weight is 372 g/mol. The number of amides is 1. The van der Waals surface area contributed by atoms with E-state index in [-0.39, 0.29) is 24.4 Å². The van der Waals surface area contributed by atoms with Gasteiger partial charge in [0.25, 0.3) is 0 Å². The van der Waals surface area contributed by atoms with Crippen molar-refractivity contribution in [3.63, 3.8) is 0 Å². The van der Waals surface area contributed by atoms with Crippen LogP contribution in [0.1, 0.15) is 47.3 Å². The first-order valence-corrected chi connectivity index (χ1v) is 9.02. The molecule has 1 amide bonds. The van der Waals surface area contributed by atoms with Gasteiger partial charge < -0.3 is 14.5 Å². The molecular weight excluding hydrogens is 344 g/mol. The van der Waals surface area contributed by atoms with Gasteiger partial charge in [-0.1, -0.05) is 44.2 Å². The molecule has 0 bridgehead atoms. The first kappa shape index (κ1) is 20.7. The van der Waals surface area contributed by atoms with Crippen molar-refractivity contribution in [3.05, 3.63) is 59.0 Å². The van der Waals surface area contributed by atoms with Crippen LogP contribution in [-0.2, 0) is 16.1 Å². The first-order chi connectivity index (χ1) is 12.8. The van der Waals surface area contributed by atoms with Crippen molar-refractivity contribution in [1.82, 2.24) is 10.2 Å².